The van der Waals surface area contributed by atoms with Gasteiger partial charge in [0.2, 0.25) is 0 Å². The van der Waals surface area contributed by atoms with Crippen LogP contribution < -0.4 is 0 Å². The predicted octanol–water partition coefficient (Wildman–Crippen LogP) is 2.73. The fourth-order valence-corrected chi connectivity index (χ4v) is 3.34. The van der Waals surface area contributed by atoms with Crippen molar-refractivity contribution in [2.45, 2.75) is 51.6 Å². The van der Waals surface area contributed by atoms with Crippen molar-refractivity contribution < 1.29 is 4.79 Å². The molecule has 2 aromatic heterocycles. The molecule has 0 aromatic carbocycles. The third kappa shape index (κ3) is 2.66. The summed E-state index contributed by atoms with van der Waals surface area (Å²) in [5, 5.41) is 4.69. The van der Waals surface area contributed by atoms with Crippen molar-refractivity contribution in [1.29, 1.82) is 0 Å². The lowest BCUT2D eigenvalue weighted by Gasteiger charge is -2.35. The molecule has 0 bridgehead atoms. The van der Waals surface area contributed by atoms with Crippen LogP contribution in [0.25, 0.3) is 0 Å². The van der Waals surface area contributed by atoms with Gasteiger partial charge < -0.3 is 9.88 Å². The molecule has 1 fully saturated rings. The summed E-state index contributed by atoms with van der Waals surface area (Å²) in [6.07, 6.45) is 5.10. The highest BCUT2D eigenvalue weighted by Gasteiger charge is 2.37. The summed E-state index contributed by atoms with van der Waals surface area (Å²) in [4.78, 5) is 22.7. The van der Waals surface area contributed by atoms with Crippen LogP contribution in [0, 0.1) is 5.92 Å². The Labute approximate surface area is 135 Å². The number of aromatic amines is 1. The van der Waals surface area contributed by atoms with E-state index in [0.717, 1.165) is 24.6 Å². The zero-order valence-corrected chi connectivity index (χ0v) is 13.7. The maximum Gasteiger partial charge on any atom is 0.270 e. The molecule has 6 nitrogen and oxygen atoms in total. The zero-order chi connectivity index (χ0) is 16.0. The number of hydrogen-bond acceptors (Lipinski definition) is 3. The Balaban J connectivity index is 1.67. The van der Waals surface area contributed by atoms with Gasteiger partial charge in [-0.2, -0.15) is 5.10 Å². The molecular weight excluding hydrogens is 290 g/mol. The van der Waals surface area contributed by atoms with E-state index in [1.807, 2.05) is 21.7 Å². The van der Waals surface area contributed by atoms with Gasteiger partial charge in [-0.05, 0) is 37.3 Å². The van der Waals surface area contributed by atoms with Crippen molar-refractivity contribution in [1.82, 2.24) is 24.6 Å². The predicted molar refractivity (Wildman–Crippen MR) is 86.0 cm³/mol. The largest absolute Gasteiger partial charge is 0.357 e. The quantitative estimate of drug-likeness (QED) is 0.943. The molecule has 0 saturated heterocycles. The third-order valence-electron chi connectivity index (χ3n) is 4.67. The second kappa shape index (κ2) is 5.51. The van der Waals surface area contributed by atoms with E-state index < -0.39 is 0 Å². The van der Waals surface area contributed by atoms with Gasteiger partial charge in [-0.25, -0.2) is 9.67 Å². The maximum absolute atomic E-state index is 12.9. The van der Waals surface area contributed by atoms with E-state index in [1.54, 1.807) is 6.20 Å². The lowest BCUT2D eigenvalue weighted by atomic mass is 10.00. The normalized spacial score (nSPS) is 20.8. The van der Waals surface area contributed by atoms with Gasteiger partial charge in [-0.1, -0.05) is 13.8 Å². The molecule has 2 aromatic rings. The van der Waals surface area contributed by atoms with Gasteiger partial charge >= 0.3 is 0 Å². The van der Waals surface area contributed by atoms with Gasteiger partial charge in [0.25, 0.3) is 5.91 Å². The molecule has 1 aliphatic carbocycles. The number of nitrogens with one attached hydrogen (secondary N) is 1. The molecule has 1 N–H and O–H groups in total. The SMILES string of the molecule is CC(C)C[C@H]1c2nc(C3CC3)nn2CCN1C(=O)c1ccc[nH]1. The highest BCUT2D eigenvalue weighted by atomic mass is 16.2. The van der Waals surface area contributed by atoms with Crippen LogP contribution in [0.4, 0.5) is 0 Å². The van der Waals surface area contributed by atoms with Gasteiger partial charge in [0.15, 0.2) is 5.82 Å². The molecule has 1 atom stereocenters. The third-order valence-corrected chi connectivity index (χ3v) is 4.67. The van der Waals surface area contributed by atoms with E-state index in [4.69, 9.17) is 4.98 Å². The van der Waals surface area contributed by atoms with Crippen molar-refractivity contribution in [3.8, 4) is 0 Å². The molecule has 3 heterocycles. The number of carbonyl (C=O) groups is 1. The maximum atomic E-state index is 12.9. The number of amides is 1. The highest BCUT2D eigenvalue weighted by molar-refractivity contribution is 5.92. The van der Waals surface area contributed by atoms with Crippen LogP contribution in [-0.2, 0) is 6.54 Å². The van der Waals surface area contributed by atoms with Gasteiger partial charge in [-0.15, -0.1) is 0 Å². The Morgan fingerprint density at radius 1 is 1.39 bits per heavy atom. The number of fused-ring (bicyclic) bond motifs is 1. The van der Waals surface area contributed by atoms with Crippen LogP contribution in [0.5, 0.6) is 0 Å². The Morgan fingerprint density at radius 3 is 2.87 bits per heavy atom. The molecule has 1 saturated carbocycles. The number of aromatic nitrogens is 4. The first-order valence-corrected chi connectivity index (χ1v) is 8.52. The first-order chi connectivity index (χ1) is 11.1. The first kappa shape index (κ1) is 14.5. The molecule has 6 heteroatoms. The molecule has 1 aliphatic heterocycles. The van der Waals surface area contributed by atoms with E-state index in [0.29, 0.717) is 24.1 Å². The van der Waals surface area contributed by atoms with E-state index >= 15 is 0 Å². The van der Waals surface area contributed by atoms with Crippen LogP contribution >= 0.6 is 0 Å². The zero-order valence-electron chi connectivity index (χ0n) is 13.7. The molecule has 23 heavy (non-hydrogen) atoms. The molecule has 0 unspecified atom stereocenters. The summed E-state index contributed by atoms with van der Waals surface area (Å²) in [7, 11) is 0. The summed E-state index contributed by atoms with van der Waals surface area (Å²) in [6.45, 7) is 5.80. The van der Waals surface area contributed by atoms with E-state index in [2.05, 4.69) is 23.9 Å². The summed E-state index contributed by atoms with van der Waals surface area (Å²) in [5.74, 6) is 3.03. The minimum Gasteiger partial charge on any atom is -0.357 e. The van der Waals surface area contributed by atoms with Gasteiger partial charge in [0, 0.05) is 18.7 Å². The van der Waals surface area contributed by atoms with Crippen LogP contribution in [0.3, 0.4) is 0 Å². The molecule has 2 aliphatic rings. The highest BCUT2D eigenvalue weighted by Crippen LogP contribution is 2.40. The molecule has 0 radical (unpaired) electrons. The first-order valence-electron chi connectivity index (χ1n) is 8.52. The monoisotopic (exact) mass is 313 g/mol. The van der Waals surface area contributed by atoms with Gasteiger partial charge in [0.05, 0.1) is 12.6 Å². The van der Waals surface area contributed by atoms with Crippen molar-refractivity contribution in [2.24, 2.45) is 5.92 Å². The average molecular weight is 313 g/mol. The molecular formula is C17H23N5O. The smallest absolute Gasteiger partial charge is 0.270 e. The second-order valence-corrected chi connectivity index (χ2v) is 7.05. The Kier molecular flexibility index (Phi) is 3.47. The van der Waals surface area contributed by atoms with Crippen LogP contribution in [0.15, 0.2) is 18.3 Å². The van der Waals surface area contributed by atoms with Crippen LogP contribution in [-0.4, -0.2) is 37.1 Å². The summed E-state index contributed by atoms with van der Waals surface area (Å²) < 4.78 is 2.03. The lowest BCUT2D eigenvalue weighted by Crippen LogP contribution is -2.43. The number of carbonyl (C=O) groups excluding carboxylic acids is 1. The van der Waals surface area contributed by atoms with E-state index in [-0.39, 0.29) is 11.9 Å². The van der Waals surface area contributed by atoms with Gasteiger partial charge in [0.1, 0.15) is 11.5 Å². The van der Waals surface area contributed by atoms with Gasteiger partial charge in [-0.3, -0.25) is 4.79 Å². The summed E-state index contributed by atoms with van der Waals surface area (Å²) in [5.41, 5.74) is 0.647. The Hall–Kier alpha value is -2.11. The molecule has 122 valence electrons. The van der Waals surface area contributed by atoms with Crippen LogP contribution in [0.2, 0.25) is 0 Å². The summed E-state index contributed by atoms with van der Waals surface area (Å²) >= 11 is 0. The average Bonchev–Trinajstić information content (AvgIpc) is 3.06. The fourth-order valence-electron chi connectivity index (χ4n) is 3.34. The summed E-state index contributed by atoms with van der Waals surface area (Å²) in [6, 6.07) is 3.71. The lowest BCUT2D eigenvalue weighted by molar-refractivity contribution is 0.0573. The Morgan fingerprint density at radius 2 is 2.22 bits per heavy atom. The number of hydrogen-bond donors (Lipinski definition) is 1. The topological polar surface area (TPSA) is 66.8 Å². The number of H-pyrrole nitrogens is 1. The van der Waals surface area contributed by atoms with Crippen molar-refractivity contribution in [2.75, 3.05) is 6.54 Å². The van der Waals surface area contributed by atoms with E-state index in [1.165, 1.54) is 12.8 Å². The molecule has 4 rings (SSSR count). The standard InChI is InChI=1S/C17H23N5O/c1-11(2)10-14-16-19-15(12-5-6-12)20-22(16)9-8-21(14)17(23)13-4-3-7-18-13/h3-4,7,11-12,14,18H,5-6,8-10H2,1-2H3/t14-/m0/s1. The van der Waals surface area contributed by atoms with Crippen molar-refractivity contribution in [3.63, 3.8) is 0 Å². The van der Waals surface area contributed by atoms with Crippen molar-refractivity contribution >= 4 is 5.91 Å². The van der Waals surface area contributed by atoms with Crippen molar-refractivity contribution in [3.05, 3.63) is 35.7 Å². The minimum absolute atomic E-state index is 0.0135. The number of rotatable bonds is 4. The molecule has 0 spiro atoms. The minimum atomic E-state index is 0.0135. The fraction of sp³-hybridized carbons (Fsp3) is 0.588. The Bertz CT molecular complexity index is 699. The second-order valence-electron chi connectivity index (χ2n) is 7.05. The van der Waals surface area contributed by atoms with E-state index in [9.17, 15) is 4.79 Å². The van der Waals surface area contributed by atoms with Crippen LogP contribution in [0.1, 0.15) is 67.2 Å². The number of nitrogens with zero attached hydrogens (tertiary/aromatic N) is 4. The molecule has 1 amide bonds.